The molecule has 0 saturated heterocycles. The van der Waals surface area contributed by atoms with Crippen LogP contribution in [0.4, 0.5) is 10.5 Å². The third kappa shape index (κ3) is 7.92. The van der Waals surface area contributed by atoms with Crippen LogP contribution in [-0.2, 0) is 11.3 Å². The second-order valence-electron chi connectivity index (χ2n) is 10.9. The molecular weight excluding hydrogens is 508 g/mol. The summed E-state index contributed by atoms with van der Waals surface area (Å²) in [6.45, 7) is 9.98. The number of amidine groups is 1. The number of nitrogens with two attached hydrogens (primary N) is 1. The lowest BCUT2D eigenvalue weighted by Crippen LogP contribution is -2.38. The molecule has 0 fully saturated rings. The number of carbonyl (C=O) groups is 3. The molecule has 0 aliphatic carbocycles. The molecule has 40 heavy (non-hydrogen) atoms. The van der Waals surface area contributed by atoms with Crippen LogP contribution in [0.15, 0.2) is 66.7 Å². The average molecular weight is 545 g/mol. The molecule has 0 radical (unpaired) electrons. The average Bonchev–Trinajstić information content (AvgIpc) is 2.87. The van der Waals surface area contributed by atoms with Gasteiger partial charge in [0, 0.05) is 29.9 Å². The molecule has 5 N–H and O–H groups in total. The Morgan fingerprint density at radius 3 is 2.17 bits per heavy atom. The maximum absolute atomic E-state index is 13.2. The predicted octanol–water partition coefficient (Wildman–Crippen LogP) is 5.98. The van der Waals surface area contributed by atoms with E-state index in [4.69, 9.17) is 15.9 Å². The highest BCUT2D eigenvalue weighted by molar-refractivity contribution is 6.10. The van der Waals surface area contributed by atoms with Gasteiger partial charge in [-0.1, -0.05) is 44.2 Å². The molecular formula is C31H36N4O5. The number of hydrogen-bond donors (Lipinski definition) is 4. The number of anilines is 1. The number of aromatic carboxylic acids is 1. The Morgan fingerprint density at radius 1 is 0.975 bits per heavy atom. The lowest BCUT2D eigenvalue weighted by atomic mass is 9.93. The molecule has 3 aromatic carbocycles. The topological polar surface area (TPSA) is 146 Å². The van der Waals surface area contributed by atoms with Crippen molar-refractivity contribution in [1.29, 1.82) is 5.41 Å². The second-order valence-corrected chi connectivity index (χ2v) is 10.9. The molecule has 9 heteroatoms. The van der Waals surface area contributed by atoms with Crippen LogP contribution in [-0.4, -0.2) is 46.0 Å². The smallest absolute Gasteiger partial charge is 0.410 e. The van der Waals surface area contributed by atoms with Crippen molar-refractivity contribution in [2.24, 2.45) is 11.7 Å². The number of benzene rings is 3. The molecule has 0 spiro atoms. The van der Waals surface area contributed by atoms with E-state index < -0.39 is 23.6 Å². The molecule has 0 aromatic heterocycles. The summed E-state index contributed by atoms with van der Waals surface area (Å²) in [5.74, 6) is -1.47. The van der Waals surface area contributed by atoms with E-state index in [1.165, 1.54) is 6.07 Å². The fraction of sp³-hybridized carbons (Fsp3) is 0.290. The molecule has 3 rings (SSSR count). The van der Waals surface area contributed by atoms with Crippen molar-refractivity contribution in [3.8, 4) is 11.1 Å². The summed E-state index contributed by atoms with van der Waals surface area (Å²) in [6, 6.07) is 18.3. The van der Waals surface area contributed by atoms with E-state index >= 15 is 0 Å². The SMILES string of the molecule is CC(C)CN(Cc1ccc(-c2ccccc2C(=O)Nc2ccc(C(=N)N)cc2)c(C(=O)O)c1)C(=O)OC(C)(C)C. The fourth-order valence-corrected chi connectivity index (χ4v) is 4.14. The monoisotopic (exact) mass is 544 g/mol. The molecule has 0 bridgehead atoms. The number of carboxylic acid groups (broad SMARTS) is 1. The minimum atomic E-state index is -1.15. The molecule has 0 aliphatic heterocycles. The zero-order valence-corrected chi connectivity index (χ0v) is 23.4. The van der Waals surface area contributed by atoms with Gasteiger partial charge in [-0.3, -0.25) is 10.2 Å². The Hall–Kier alpha value is -4.66. The molecule has 3 aromatic rings. The molecule has 2 amide bonds. The van der Waals surface area contributed by atoms with E-state index in [2.05, 4.69) is 5.32 Å². The van der Waals surface area contributed by atoms with Gasteiger partial charge in [0.1, 0.15) is 11.4 Å². The van der Waals surface area contributed by atoms with Crippen LogP contribution in [0.5, 0.6) is 0 Å². The predicted molar refractivity (Wildman–Crippen MR) is 156 cm³/mol. The van der Waals surface area contributed by atoms with Crippen molar-refractivity contribution in [2.75, 3.05) is 11.9 Å². The summed E-state index contributed by atoms with van der Waals surface area (Å²) in [7, 11) is 0. The largest absolute Gasteiger partial charge is 0.478 e. The number of carboxylic acids is 1. The third-order valence-corrected chi connectivity index (χ3v) is 5.84. The third-order valence-electron chi connectivity index (χ3n) is 5.84. The maximum atomic E-state index is 13.2. The minimum absolute atomic E-state index is 0.0113. The summed E-state index contributed by atoms with van der Waals surface area (Å²) >= 11 is 0. The van der Waals surface area contributed by atoms with Crippen molar-refractivity contribution in [1.82, 2.24) is 4.90 Å². The zero-order valence-electron chi connectivity index (χ0n) is 23.4. The summed E-state index contributed by atoms with van der Waals surface area (Å²) in [5.41, 5.74) is 7.63. The number of hydrogen-bond acceptors (Lipinski definition) is 5. The highest BCUT2D eigenvalue weighted by Crippen LogP contribution is 2.30. The van der Waals surface area contributed by atoms with Gasteiger partial charge < -0.3 is 25.8 Å². The van der Waals surface area contributed by atoms with Crippen molar-refractivity contribution in [2.45, 2.75) is 46.8 Å². The van der Waals surface area contributed by atoms with Gasteiger partial charge in [-0.15, -0.1) is 0 Å². The Balaban J connectivity index is 1.94. The normalized spacial score (nSPS) is 11.2. The van der Waals surface area contributed by atoms with E-state index in [-0.39, 0.29) is 23.9 Å². The number of amides is 2. The van der Waals surface area contributed by atoms with Crippen molar-refractivity contribution in [3.63, 3.8) is 0 Å². The maximum Gasteiger partial charge on any atom is 0.410 e. The molecule has 0 saturated carbocycles. The van der Waals surface area contributed by atoms with E-state index in [0.29, 0.717) is 40.0 Å². The van der Waals surface area contributed by atoms with Gasteiger partial charge in [0.15, 0.2) is 0 Å². The summed E-state index contributed by atoms with van der Waals surface area (Å²) in [5, 5.41) is 20.4. The van der Waals surface area contributed by atoms with Gasteiger partial charge in [0.2, 0.25) is 0 Å². The van der Waals surface area contributed by atoms with Crippen LogP contribution in [0.2, 0.25) is 0 Å². The van der Waals surface area contributed by atoms with E-state index in [0.717, 1.165) is 0 Å². The number of nitrogens with one attached hydrogen (secondary N) is 2. The molecule has 9 nitrogen and oxygen atoms in total. The van der Waals surface area contributed by atoms with Crippen LogP contribution in [0.3, 0.4) is 0 Å². The summed E-state index contributed by atoms with van der Waals surface area (Å²) < 4.78 is 5.56. The van der Waals surface area contributed by atoms with Crippen LogP contribution >= 0.6 is 0 Å². The quantitative estimate of drug-likeness (QED) is 0.192. The van der Waals surface area contributed by atoms with Gasteiger partial charge in [-0.25, -0.2) is 9.59 Å². The zero-order chi connectivity index (χ0) is 29.6. The number of carbonyl (C=O) groups excluding carboxylic acids is 2. The van der Waals surface area contributed by atoms with E-state index in [9.17, 15) is 19.5 Å². The Bertz CT molecular complexity index is 1410. The van der Waals surface area contributed by atoms with Crippen molar-refractivity contribution >= 4 is 29.5 Å². The van der Waals surface area contributed by atoms with Crippen molar-refractivity contribution < 1.29 is 24.2 Å². The number of ether oxygens (including phenoxy) is 1. The first kappa shape index (κ1) is 29.9. The van der Waals surface area contributed by atoms with Gasteiger partial charge >= 0.3 is 12.1 Å². The standard InChI is InChI=1S/C31H36N4O5/c1-19(2)17-35(30(39)40-31(3,4)5)18-20-10-15-24(26(16-20)29(37)38)23-8-6-7-9-25(23)28(36)34-22-13-11-21(12-14-22)27(32)33/h6-16,19H,17-18H2,1-5H3,(H3,32,33)(H,34,36)(H,37,38). The van der Waals surface area contributed by atoms with Gasteiger partial charge in [0.25, 0.3) is 5.91 Å². The first-order valence-corrected chi connectivity index (χ1v) is 12.9. The van der Waals surface area contributed by atoms with Crippen LogP contribution in [0.1, 0.15) is 66.5 Å². The Labute approximate surface area is 234 Å². The van der Waals surface area contributed by atoms with E-state index in [1.807, 2.05) is 13.8 Å². The second kappa shape index (κ2) is 12.5. The van der Waals surface area contributed by atoms with Crippen LogP contribution < -0.4 is 11.1 Å². The highest BCUT2D eigenvalue weighted by Gasteiger charge is 2.24. The molecule has 0 atom stereocenters. The number of nitrogens with zero attached hydrogens (tertiary/aromatic N) is 1. The first-order valence-electron chi connectivity index (χ1n) is 12.9. The summed E-state index contributed by atoms with van der Waals surface area (Å²) in [4.78, 5) is 40.0. The first-order chi connectivity index (χ1) is 18.7. The fourth-order valence-electron chi connectivity index (χ4n) is 4.14. The molecule has 210 valence electrons. The molecule has 0 heterocycles. The Kier molecular flexibility index (Phi) is 9.31. The lowest BCUT2D eigenvalue weighted by molar-refractivity contribution is 0.0211. The highest BCUT2D eigenvalue weighted by atomic mass is 16.6. The van der Waals surface area contributed by atoms with Crippen molar-refractivity contribution in [3.05, 3.63) is 89.0 Å². The van der Waals surface area contributed by atoms with Gasteiger partial charge in [-0.2, -0.15) is 0 Å². The van der Waals surface area contributed by atoms with Gasteiger partial charge in [0.05, 0.1) is 5.56 Å². The molecule has 0 aliphatic rings. The van der Waals surface area contributed by atoms with E-state index in [1.54, 1.807) is 86.3 Å². The van der Waals surface area contributed by atoms with Gasteiger partial charge in [-0.05, 0) is 79.8 Å². The lowest BCUT2D eigenvalue weighted by Gasteiger charge is -2.29. The summed E-state index contributed by atoms with van der Waals surface area (Å²) in [6.07, 6.45) is -0.472. The molecule has 0 unspecified atom stereocenters. The number of nitrogen functional groups attached to an aromatic ring is 1. The number of rotatable bonds is 9. The van der Waals surface area contributed by atoms with Crippen LogP contribution in [0, 0.1) is 11.3 Å². The Morgan fingerprint density at radius 2 is 1.60 bits per heavy atom. The minimum Gasteiger partial charge on any atom is -0.478 e. The van der Waals surface area contributed by atoms with Crippen LogP contribution in [0.25, 0.3) is 11.1 Å².